The van der Waals surface area contributed by atoms with Crippen molar-refractivity contribution in [1.29, 1.82) is 0 Å². The third-order valence-corrected chi connectivity index (χ3v) is 3.73. The Hall–Kier alpha value is -1.68. The first-order chi connectivity index (χ1) is 9.10. The van der Waals surface area contributed by atoms with E-state index >= 15 is 0 Å². The monoisotopic (exact) mass is 260 g/mol. The lowest BCUT2D eigenvalue weighted by Crippen LogP contribution is -2.42. The molecule has 0 spiro atoms. The second kappa shape index (κ2) is 5.53. The maximum Gasteiger partial charge on any atom is 0.251 e. The topological polar surface area (TPSA) is 40.6 Å². The number of rotatable bonds is 4. The number of para-hydroxylation sites is 1. The molecule has 1 atom stereocenters. The van der Waals surface area contributed by atoms with Gasteiger partial charge in [0.25, 0.3) is 5.91 Å². The predicted molar refractivity (Wildman–Crippen MR) is 75.0 cm³/mol. The van der Waals surface area contributed by atoms with Crippen molar-refractivity contribution in [3.63, 3.8) is 0 Å². The molecule has 1 aromatic carbocycles. The summed E-state index contributed by atoms with van der Waals surface area (Å²) in [5, 5.41) is 0. The van der Waals surface area contributed by atoms with Crippen LogP contribution in [0.15, 0.2) is 24.3 Å². The molecule has 2 amide bonds. The Morgan fingerprint density at radius 1 is 1.21 bits per heavy atom. The molecule has 1 saturated heterocycles. The van der Waals surface area contributed by atoms with Gasteiger partial charge in [0.2, 0.25) is 5.91 Å². The van der Waals surface area contributed by atoms with Crippen LogP contribution < -0.4 is 4.90 Å². The van der Waals surface area contributed by atoms with Crippen LogP contribution in [0, 0.1) is 6.92 Å². The van der Waals surface area contributed by atoms with Crippen molar-refractivity contribution in [3.05, 3.63) is 29.8 Å². The van der Waals surface area contributed by atoms with E-state index in [1.165, 1.54) is 4.90 Å². The Morgan fingerprint density at radius 2 is 1.84 bits per heavy atom. The number of hydrogen-bond acceptors (Lipinski definition) is 3. The van der Waals surface area contributed by atoms with E-state index in [9.17, 15) is 9.59 Å². The number of hydrogen-bond donors (Lipinski definition) is 0. The molecule has 4 heteroatoms. The second-order valence-electron chi connectivity index (χ2n) is 4.80. The number of nitrogens with zero attached hydrogens (tertiary/aromatic N) is 2. The molecule has 0 aromatic heterocycles. The van der Waals surface area contributed by atoms with Crippen LogP contribution in [0.25, 0.3) is 0 Å². The molecule has 1 aliphatic rings. The van der Waals surface area contributed by atoms with Gasteiger partial charge in [-0.15, -0.1) is 0 Å². The van der Waals surface area contributed by atoms with E-state index in [4.69, 9.17) is 0 Å². The number of anilines is 1. The van der Waals surface area contributed by atoms with Gasteiger partial charge in [-0.3, -0.25) is 14.5 Å². The summed E-state index contributed by atoms with van der Waals surface area (Å²) in [5.74, 6) is -0.195. The van der Waals surface area contributed by atoms with Crippen molar-refractivity contribution >= 4 is 17.5 Å². The summed E-state index contributed by atoms with van der Waals surface area (Å²) in [6, 6.07) is 7.21. The Morgan fingerprint density at radius 3 is 2.42 bits per heavy atom. The van der Waals surface area contributed by atoms with E-state index in [1.54, 1.807) is 0 Å². The number of aryl methyl sites for hydroxylation is 1. The molecule has 0 N–H and O–H groups in total. The van der Waals surface area contributed by atoms with E-state index in [-0.39, 0.29) is 24.3 Å². The standard InChI is InChI=1S/C15H20N2O2/c1-4-16(5-2)13-10-14(18)17(15(13)19)12-9-7-6-8-11(12)3/h6-9,13H,4-5,10H2,1-3H3/t13-/m0/s1. The molecule has 0 unspecified atom stereocenters. The third-order valence-electron chi connectivity index (χ3n) is 3.73. The lowest BCUT2D eigenvalue weighted by molar-refractivity contribution is -0.122. The van der Waals surface area contributed by atoms with E-state index in [0.29, 0.717) is 5.69 Å². The summed E-state index contributed by atoms with van der Waals surface area (Å²) in [6.45, 7) is 7.50. The van der Waals surface area contributed by atoms with Gasteiger partial charge in [0.1, 0.15) is 0 Å². The Bertz CT molecular complexity index is 495. The first-order valence-corrected chi connectivity index (χ1v) is 6.76. The molecule has 0 radical (unpaired) electrons. The van der Waals surface area contributed by atoms with E-state index in [1.807, 2.05) is 49.9 Å². The highest BCUT2D eigenvalue weighted by atomic mass is 16.2. The Balaban J connectivity index is 2.32. The van der Waals surface area contributed by atoms with Crippen molar-refractivity contribution in [2.45, 2.75) is 33.2 Å². The lowest BCUT2D eigenvalue weighted by atomic mass is 10.2. The molecule has 1 fully saturated rings. The number of likely N-dealkylation sites (N-methyl/N-ethyl adjacent to an activating group) is 1. The number of carbonyl (C=O) groups excluding carboxylic acids is 2. The quantitative estimate of drug-likeness (QED) is 0.777. The molecular formula is C15H20N2O2. The normalized spacial score (nSPS) is 19.6. The van der Waals surface area contributed by atoms with Crippen molar-refractivity contribution < 1.29 is 9.59 Å². The first kappa shape index (κ1) is 13.7. The van der Waals surface area contributed by atoms with Gasteiger partial charge in [-0.05, 0) is 31.6 Å². The van der Waals surface area contributed by atoms with Gasteiger partial charge in [0.15, 0.2) is 0 Å². The van der Waals surface area contributed by atoms with Gasteiger partial charge in [0, 0.05) is 0 Å². The largest absolute Gasteiger partial charge is 0.292 e. The van der Waals surface area contributed by atoms with Crippen molar-refractivity contribution in [2.24, 2.45) is 0 Å². The average Bonchev–Trinajstić information content (AvgIpc) is 2.68. The van der Waals surface area contributed by atoms with Crippen LogP contribution in [0.4, 0.5) is 5.69 Å². The summed E-state index contributed by atoms with van der Waals surface area (Å²) in [5.41, 5.74) is 1.66. The fourth-order valence-corrected chi connectivity index (χ4v) is 2.63. The SMILES string of the molecule is CCN(CC)[C@H]1CC(=O)N(c2ccccc2C)C1=O. The molecule has 0 aliphatic carbocycles. The van der Waals surface area contributed by atoms with Gasteiger partial charge in [-0.1, -0.05) is 32.0 Å². The fraction of sp³-hybridized carbons (Fsp3) is 0.467. The zero-order valence-corrected chi connectivity index (χ0v) is 11.7. The summed E-state index contributed by atoms with van der Waals surface area (Å²) < 4.78 is 0. The van der Waals surface area contributed by atoms with Crippen molar-refractivity contribution in [2.75, 3.05) is 18.0 Å². The molecule has 1 aromatic rings. The minimum Gasteiger partial charge on any atom is -0.292 e. The summed E-state index contributed by atoms with van der Waals surface area (Å²) >= 11 is 0. The zero-order valence-electron chi connectivity index (χ0n) is 11.7. The van der Waals surface area contributed by atoms with Gasteiger partial charge < -0.3 is 0 Å². The predicted octanol–water partition coefficient (Wildman–Crippen LogP) is 1.97. The van der Waals surface area contributed by atoms with Crippen LogP contribution >= 0.6 is 0 Å². The molecule has 2 rings (SSSR count). The van der Waals surface area contributed by atoms with Crippen LogP contribution in [0.3, 0.4) is 0 Å². The van der Waals surface area contributed by atoms with E-state index in [2.05, 4.69) is 0 Å². The highest BCUT2D eigenvalue weighted by molar-refractivity contribution is 6.22. The molecule has 0 saturated carbocycles. The molecule has 1 heterocycles. The molecule has 4 nitrogen and oxygen atoms in total. The van der Waals surface area contributed by atoms with Crippen molar-refractivity contribution in [3.8, 4) is 0 Å². The minimum atomic E-state index is -0.304. The summed E-state index contributed by atoms with van der Waals surface area (Å²) in [7, 11) is 0. The minimum absolute atomic E-state index is 0.0944. The highest BCUT2D eigenvalue weighted by Gasteiger charge is 2.42. The van der Waals surface area contributed by atoms with E-state index < -0.39 is 0 Å². The van der Waals surface area contributed by atoms with Crippen LogP contribution in [-0.4, -0.2) is 35.8 Å². The molecule has 0 bridgehead atoms. The van der Waals surface area contributed by atoms with Crippen LogP contribution in [0.2, 0.25) is 0 Å². The third kappa shape index (κ3) is 2.40. The second-order valence-corrected chi connectivity index (χ2v) is 4.80. The number of imide groups is 1. The van der Waals surface area contributed by atoms with Crippen LogP contribution in [0.1, 0.15) is 25.8 Å². The number of amides is 2. The number of benzene rings is 1. The summed E-state index contributed by atoms with van der Waals surface area (Å²) in [6.07, 6.45) is 0.287. The zero-order chi connectivity index (χ0) is 14.0. The molecule has 102 valence electrons. The average molecular weight is 260 g/mol. The first-order valence-electron chi connectivity index (χ1n) is 6.76. The maximum absolute atomic E-state index is 12.5. The van der Waals surface area contributed by atoms with Crippen LogP contribution in [-0.2, 0) is 9.59 Å². The van der Waals surface area contributed by atoms with E-state index in [0.717, 1.165) is 18.7 Å². The van der Waals surface area contributed by atoms with Crippen molar-refractivity contribution in [1.82, 2.24) is 4.90 Å². The van der Waals surface area contributed by atoms with Crippen LogP contribution in [0.5, 0.6) is 0 Å². The summed E-state index contributed by atoms with van der Waals surface area (Å²) in [4.78, 5) is 28.0. The van der Waals surface area contributed by atoms with Gasteiger partial charge in [0.05, 0.1) is 18.2 Å². The Kier molecular flexibility index (Phi) is 4.00. The van der Waals surface area contributed by atoms with Gasteiger partial charge in [-0.25, -0.2) is 4.90 Å². The van der Waals surface area contributed by atoms with Gasteiger partial charge >= 0.3 is 0 Å². The molecule has 19 heavy (non-hydrogen) atoms. The fourth-order valence-electron chi connectivity index (χ4n) is 2.63. The lowest BCUT2D eigenvalue weighted by Gasteiger charge is -2.24. The highest BCUT2D eigenvalue weighted by Crippen LogP contribution is 2.27. The maximum atomic E-state index is 12.5. The smallest absolute Gasteiger partial charge is 0.251 e. The molecule has 1 aliphatic heterocycles. The van der Waals surface area contributed by atoms with Gasteiger partial charge in [-0.2, -0.15) is 0 Å². The Labute approximate surface area is 114 Å². The number of carbonyl (C=O) groups is 2. The molecular weight excluding hydrogens is 240 g/mol.